The van der Waals surface area contributed by atoms with Gasteiger partial charge in [-0.05, 0) is 62.5 Å². The molecule has 0 atom stereocenters. The molecule has 1 aromatic rings. The fraction of sp³-hybridized carbons (Fsp3) is 0.654. The van der Waals surface area contributed by atoms with Gasteiger partial charge in [0.2, 0.25) is 5.91 Å². The van der Waals surface area contributed by atoms with Crippen LogP contribution in [0.1, 0.15) is 59.3 Å². The van der Waals surface area contributed by atoms with Crippen LogP contribution in [0.25, 0.3) is 0 Å². The number of carbonyl (C=O) groups is 3. The number of para-hydroxylation sites is 1. The average molecular weight is 530 g/mol. The summed E-state index contributed by atoms with van der Waals surface area (Å²) in [5.74, 6) is -1.63. The first-order chi connectivity index (χ1) is 17.3. The van der Waals surface area contributed by atoms with Crippen molar-refractivity contribution in [1.82, 2.24) is 10.2 Å². The number of hydrogen-bond donors (Lipinski definition) is 3. The minimum Gasteiger partial charge on any atom is -0.481 e. The molecule has 0 aromatic heterocycles. The Bertz CT molecular complexity index is 890. The summed E-state index contributed by atoms with van der Waals surface area (Å²) in [5, 5.41) is 17.7. The van der Waals surface area contributed by atoms with Gasteiger partial charge in [-0.1, -0.05) is 32.0 Å². The number of carboxylic acids is 2. The Hall–Kier alpha value is -2.82. The number of likely N-dealkylation sites (tertiary alicyclic amines) is 1. The predicted octanol–water partition coefficient (Wildman–Crippen LogP) is 4.35. The number of amides is 1. The van der Waals surface area contributed by atoms with Crippen LogP contribution in [-0.4, -0.2) is 70.5 Å². The molecule has 0 unspecified atom stereocenters. The number of carboxylic acid groups (broad SMARTS) is 2. The Labute approximate surface area is 215 Å². The van der Waals surface area contributed by atoms with E-state index < -0.39 is 18.1 Å². The maximum atomic E-state index is 12.8. The van der Waals surface area contributed by atoms with E-state index in [4.69, 9.17) is 19.8 Å². The van der Waals surface area contributed by atoms with E-state index in [1.54, 1.807) is 0 Å². The van der Waals surface area contributed by atoms with Crippen LogP contribution in [0.4, 0.5) is 18.9 Å². The van der Waals surface area contributed by atoms with Crippen molar-refractivity contribution in [2.45, 2.75) is 77.1 Å². The van der Waals surface area contributed by atoms with Crippen LogP contribution in [0.15, 0.2) is 30.3 Å². The molecule has 37 heavy (non-hydrogen) atoms. The molecule has 3 aliphatic rings. The highest BCUT2D eigenvalue weighted by molar-refractivity contribution is 5.93. The van der Waals surface area contributed by atoms with Gasteiger partial charge in [0, 0.05) is 31.7 Å². The molecule has 2 aliphatic heterocycles. The Morgan fingerprint density at radius 2 is 1.51 bits per heavy atom. The van der Waals surface area contributed by atoms with Crippen molar-refractivity contribution in [3.8, 4) is 0 Å². The Morgan fingerprint density at radius 3 is 1.95 bits per heavy atom. The third-order valence-corrected chi connectivity index (χ3v) is 7.47. The summed E-state index contributed by atoms with van der Waals surface area (Å²) in [5.41, 5.74) is 0.823. The predicted molar refractivity (Wildman–Crippen MR) is 133 cm³/mol. The van der Waals surface area contributed by atoms with Gasteiger partial charge in [0.05, 0.1) is 6.67 Å². The van der Waals surface area contributed by atoms with Crippen molar-refractivity contribution in [3.63, 3.8) is 0 Å². The van der Waals surface area contributed by atoms with Gasteiger partial charge in [-0.25, -0.2) is 4.79 Å². The molecule has 0 bridgehead atoms. The van der Waals surface area contributed by atoms with Gasteiger partial charge >= 0.3 is 12.1 Å². The highest BCUT2D eigenvalue weighted by Crippen LogP contribution is 2.39. The molecule has 1 saturated carbocycles. The van der Waals surface area contributed by atoms with Crippen molar-refractivity contribution in [2.24, 2.45) is 11.8 Å². The van der Waals surface area contributed by atoms with Gasteiger partial charge in [0.1, 0.15) is 5.54 Å². The third-order valence-electron chi connectivity index (χ3n) is 7.47. The molecule has 1 aromatic carbocycles. The summed E-state index contributed by atoms with van der Waals surface area (Å²) in [7, 11) is 0. The number of rotatable bonds is 3. The Morgan fingerprint density at radius 1 is 1.03 bits per heavy atom. The molecule has 208 valence electrons. The maximum absolute atomic E-state index is 12.8. The second-order valence-electron chi connectivity index (χ2n) is 10.1. The second-order valence-corrected chi connectivity index (χ2v) is 10.1. The monoisotopic (exact) mass is 529 g/mol. The number of nitrogens with zero attached hydrogens (tertiary/aromatic N) is 2. The smallest absolute Gasteiger partial charge is 0.481 e. The third kappa shape index (κ3) is 8.34. The number of carbonyl (C=O) groups excluding carboxylic acids is 1. The lowest BCUT2D eigenvalue weighted by Gasteiger charge is -2.47. The van der Waals surface area contributed by atoms with E-state index in [0.29, 0.717) is 6.67 Å². The van der Waals surface area contributed by atoms with Gasteiger partial charge in [-0.3, -0.25) is 9.59 Å². The number of nitrogens with one attached hydrogen (secondary N) is 1. The van der Waals surface area contributed by atoms with Crippen LogP contribution in [0, 0.1) is 11.8 Å². The van der Waals surface area contributed by atoms with Gasteiger partial charge < -0.3 is 25.3 Å². The van der Waals surface area contributed by atoms with Crippen LogP contribution >= 0.6 is 0 Å². The first-order valence-corrected chi connectivity index (χ1v) is 12.6. The molecule has 3 N–H and O–H groups in total. The topological polar surface area (TPSA) is 110 Å². The zero-order valence-electron chi connectivity index (χ0n) is 21.6. The van der Waals surface area contributed by atoms with E-state index in [2.05, 4.69) is 53.2 Å². The van der Waals surface area contributed by atoms with Crippen molar-refractivity contribution >= 4 is 23.5 Å². The number of aliphatic carboxylic acids is 2. The number of anilines is 1. The van der Waals surface area contributed by atoms with Crippen LogP contribution in [0.3, 0.4) is 0 Å². The molecular weight excluding hydrogens is 491 g/mol. The van der Waals surface area contributed by atoms with Crippen LogP contribution in [-0.2, 0) is 14.4 Å². The minimum atomic E-state index is -5.08. The van der Waals surface area contributed by atoms with Crippen LogP contribution < -0.4 is 10.2 Å². The molecule has 1 spiro atoms. The average Bonchev–Trinajstić information content (AvgIpc) is 3.15. The van der Waals surface area contributed by atoms with Gasteiger partial charge in [0.25, 0.3) is 5.97 Å². The van der Waals surface area contributed by atoms with Crippen molar-refractivity contribution in [1.29, 1.82) is 0 Å². The summed E-state index contributed by atoms with van der Waals surface area (Å²) in [6.07, 6.45) is 2.23. The molecular formula is C26H38F3N3O5. The second kappa shape index (κ2) is 13.1. The number of halogens is 3. The first kappa shape index (κ1) is 30.4. The van der Waals surface area contributed by atoms with Crippen molar-refractivity contribution in [3.05, 3.63) is 30.3 Å². The molecule has 2 saturated heterocycles. The maximum Gasteiger partial charge on any atom is 0.490 e. The molecule has 8 nitrogen and oxygen atoms in total. The Kier molecular flexibility index (Phi) is 10.8. The molecule has 3 fully saturated rings. The fourth-order valence-corrected chi connectivity index (χ4v) is 5.43. The molecule has 4 rings (SSSR count). The molecule has 11 heteroatoms. The lowest BCUT2D eigenvalue weighted by atomic mass is 9.78. The summed E-state index contributed by atoms with van der Waals surface area (Å²) < 4.78 is 31.7. The highest BCUT2D eigenvalue weighted by Gasteiger charge is 2.50. The van der Waals surface area contributed by atoms with E-state index in [-0.39, 0.29) is 11.4 Å². The zero-order valence-corrected chi connectivity index (χ0v) is 21.6. The highest BCUT2D eigenvalue weighted by atomic mass is 19.4. The minimum absolute atomic E-state index is 0.226. The largest absolute Gasteiger partial charge is 0.490 e. The van der Waals surface area contributed by atoms with Gasteiger partial charge in [0.15, 0.2) is 0 Å². The summed E-state index contributed by atoms with van der Waals surface area (Å²) in [6, 6.07) is 11.2. The lowest BCUT2D eigenvalue weighted by molar-refractivity contribution is -0.192. The quantitative estimate of drug-likeness (QED) is 0.534. The van der Waals surface area contributed by atoms with E-state index in [0.717, 1.165) is 56.4 Å². The molecule has 2 heterocycles. The van der Waals surface area contributed by atoms with E-state index in [9.17, 15) is 18.0 Å². The number of hydrogen-bond acceptors (Lipinski definition) is 5. The molecule has 1 amide bonds. The van der Waals surface area contributed by atoms with Crippen LogP contribution in [0.5, 0.6) is 0 Å². The SMILES string of the molecule is CC(=O)O.CC(C)C1CCC(N2CCC3(CC2)C(=O)NCN3c2ccccc2)CC1.O=C(O)C(F)(F)F. The van der Waals surface area contributed by atoms with E-state index in [1.165, 1.54) is 25.7 Å². The summed E-state index contributed by atoms with van der Waals surface area (Å²) >= 11 is 0. The van der Waals surface area contributed by atoms with E-state index >= 15 is 0 Å². The summed E-state index contributed by atoms with van der Waals surface area (Å²) in [4.78, 5) is 35.6. The van der Waals surface area contributed by atoms with Crippen LogP contribution in [0.2, 0.25) is 0 Å². The van der Waals surface area contributed by atoms with Gasteiger partial charge in [-0.15, -0.1) is 0 Å². The number of benzene rings is 1. The van der Waals surface area contributed by atoms with Gasteiger partial charge in [-0.2, -0.15) is 13.2 Å². The zero-order chi connectivity index (χ0) is 27.8. The number of piperidine rings is 1. The fourth-order valence-electron chi connectivity index (χ4n) is 5.43. The molecule has 1 aliphatic carbocycles. The Balaban J connectivity index is 0.000000371. The first-order valence-electron chi connectivity index (χ1n) is 12.6. The molecule has 0 radical (unpaired) electrons. The standard InChI is InChI=1S/C22H33N3O.C2HF3O2.C2H4O2/c1-17(2)18-8-10-19(11-9-18)24-14-12-22(13-15-24)21(26)23-16-25(22)20-6-4-3-5-7-20;3-2(4,5)1(6)7;1-2(3)4/h3-7,17-19H,8-16H2,1-2H3,(H,23,26);(H,6,7);1H3,(H,3,4). The van der Waals surface area contributed by atoms with Crippen molar-refractivity contribution in [2.75, 3.05) is 24.7 Å². The van der Waals surface area contributed by atoms with Crippen molar-refractivity contribution < 1.29 is 37.8 Å². The summed E-state index contributed by atoms with van der Waals surface area (Å²) in [6.45, 7) is 8.56. The number of alkyl halides is 3. The lowest BCUT2D eigenvalue weighted by Crippen LogP contribution is -2.58. The van der Waals surface area contributed by atoms with E-state index in [1.807, 2.05) is 6.07 Å². The normalized spacial score (nSPS) is 23.4.